The standard InChI is InChI=1S/C21H22N6O/c1-25-18(7-8-23-25)17-13-19-20(22-14-17)24-21(26-9-11-28-12-10-26)27(19)15-16-5-3-2-4-6-16/h2-8,13-14H,9-12,15H2,1H3. The SMILES string of the molecule is Cn1nccc1-c1cnc2nc(N3CCOCC3)n(Cc3ccccc3)c2c1. The summed E-state index contributed by atoms with van der Waals surface area (Å²) in [7, 11) is 1.94. The second-order valence-electron chi connectivity index (χ2n) is 6.99. The van der Waals surface area contributed by atoms with Gasteiger partial charge in [0.1, 0.15) is 0 Å². The van der Waals surface area contributed by atoms with Crippen molar-refractivity contribution in [2.75, 3.05) is 31.2 Å². The Labute approximate surface area is 163 Å². The molecule has 4 heterocycles. The van der Waals surface area contributed by atoms with Crippen LogP contribution in [0, 0.1) is 0 Å². The summed E-state index contributed by atoms with van der Waals surface area (Å²) in [5, 5.41) is 4.29. The molecule has 0 atom stereocenters. The highest BCUT2D eigenvalue weighted by Gasteiger charge is 2.21. The van der Waals surface area contributed by atoms with Crippen LogP contribution in [0.25, 0.3) is 22.4 Å². The van der Waals surface area contributed by atoms with Gasteiger partial charge in [-0.3, -0.25) is 4.68 Å². The first-order valence-electron chi connectivity index (χ1n) is 9.51. The molecule has 5 rings (SSSR count). The minimum atomic E-state index is 0.724. The van der Waals surface area contributed by atoms with E-state index < -0.39 is 0 Å². The second kappa shape index (κ2) is 7.09. The number of hydrogen-bond donors (Lipinski definition) is 0. The normalized spacial score (nSPS) is 14.7. The number of rotatable bonds is 4. The van der Waals surface area contributed by atoms with E-state index in [1.165, 1.54) is 5.56 Å². The minimum absolute atomic E-state index is 0.724. The lowest BCUT2D eigenvalue weighted by Gasteiger charge is -2.28. The first kappa shape index (κ1) is 16.9. The zero-order chi connectivity index (χ0) is 18.9. The fourth-order valence-electron chi connectivity index (χ4n) is 3.72. The fraction of sp³-hybridized carbons (Fsp3) is 0.286. The molecule has 0 aliphatic carbocycles. The Morgan fingerprint density at radius 1 is 1.07 bits per heavy atom. The molecular weight excluding hydrogens is 352 g/mol. The highest BCUT2D eigenvalue weighted by atomic mass is 16.5. The number of benzene rings is 1. The third kappa shape index (κ3) is 3.03. The fourth-order valence-corrected chi connectivity index (χ4v) is 3.72. The van der Waals surface area contributed by atoms with Gasteiger partial charge in [-0.2, -0.15) is 10.1 Å². The van der Waals surface area contributed by atoms with Gasteiger partial charge in [0, 0.05) is 38.1 Å². The van der Waals surface area contributed by atoms with Gasteiger partial charge in [0.15, 0.2) is 5.65 Å². The van der Waals surface area contributed by atoms with Gasteiger partial charge in [-0.25, -0.2) is 4.98 Å². The van der Waals surface area contributed by atoms with Gasteiger partial charge in [-0.05, 0) is 17.7 Å². The molecule has 1 saturated heterocycles. The van der Waals surface area contributed by atoms with E-state index in [9.17, 15) is 0 Å². The van der Waals surface area contributed by atoms with Crippen molar-refractivity contribution >= 4 is 17.1 Å². The minimum Gasteiger partial charge on any atom is -0.378 e. The van der Waals surface area contributed by atoms with Crippen LogP contribution in [-0.2, 0) is 18.3 Å². The first-order chi connectivity index (χ1) is 13.8. The quantitative estimate of drug-likeness (QED) is 0.550. The monoisotopic (exact) mass is 374 g/mol. The van der Waals surface area contributed by atoms with Crippen LogP contribution in [0.3, 0.4) is 0 Å². The molecule has 1 aliphatic rings. The van der Waals surface area contributed by atoms with E-state index in [1.54, 1.807) is 6.20 Å². The molecule has 0 amide bonds. The molecule has 3 aromatic heterocycles. The van der Waals surface area contributed by atoms with Crippen LogP contribution < -0.4 is 4.90 Å². The molecule has 1 aromatic carbocycles. The van der Waals surface area contributed by atoms with E-state index in [0.717, 1.165) is 61.2 Å². The number of anilines is 1. The molecule has 0 bridgehead atoms. The number of ether oxygens (including phenoxy) is 1. The van der Waals surface area contributed by atoms with Crippen molar-refractivity contribution in [3.8, 4) is 11.3 Å². The van der Waals surface area contributed by atoms with Crippen molar-refractivity contribution < 1.29 is 4.74 Å². The Bertz CT molecular complexity index is 1090. The van der Waals surface area contributed by atoms with Crippen molar-refractivity contribution in [2.24, 2.45) is 7.05 Å². The molecule has 7 heteroatoms. The number of aryl methyl sites for hydroxylation is 1. The van der Waals surface area contributed by atoms with Crippen LogP contribution in [0.15, 0.2) is 54.9 Å². The Morgan fingerprint density at radius 2 is 1.89 bits per heavy atom. The topological polar surface area (TPSA) is 61.0 Å². The maximum Gasteiger partial charge on any atom is 0.208 e. The molecular formula is C21H22N6O. The maximum absolute atomic E-state index is 5.53. The second-order valence-corrected chi connectivity index (χ2v) is 6.99. The average Bonchev–Trinajstić information content (AvgIpc) is 3.33. The number of nitrogens with zero attached hydrogens (tertiary/aromatic N) is 6. The summed E-state index contributed by atoms with van der Waals surface area (Å²) >= 11 is 0. The maximum atomic E-state index is 5.53. The van der Waals surface area contributed by atoms with E-state index in [2.05, 4.69) is 49.9 Å². The predicted octanol–water partition coefficient (Wildman–Crippen LogP) is 2.72. The first-order valence-corrected chi connectivity index (χ1v) is 9.51. The molecule has 0 N–H and O–H groups in total. The number of pyridine rings is 1. The third-order valence-electron chi connectivity index (χ3n) is 5.18. The molecule has 1 aliphatic heterocycles. The van der Waals surface area contributed by atoms with Crippen LogP contribution in [-0.4, -0.2) is 50.6 Å². The molecule has 1 fully saturated rings. The van der Waals surface area contributed by atoms with Crippen molar-refractivity contribution in [1.82, 2.24) is 24.3 Å². The summed E-state index contributed by atoms with van der Waals surface area (Å²) in [5.41, 5.74) is 5.11. The van der Waals surface area contributed by atoms with Crippen LogP contribution in [0.2, 0.25) is 0 Å². The molecule has 0 radical (unpaired) electrons. The van der Waals surface area contributed by atoms with Crippen molar-refractivity contribution in [3.05, 3.63) is 60.4 Å². The summed E-state index contributed by atoms with van der Waals surface area (Å²) in [6.45, 7) is 3.88. The van der Waals surface area contributed by atoms with Gasteiger partial charge >= 0.3 is 0 Å². The Balaban J connectivity index is 1.65. The molecule has 0 saturated carbocycles. The number of aromatic nitrogens is 5. The summed E-state index contributed by atoms with van der Waals surface area (Å²) in [4.78, 5) is 11.8. The van der Waals surface area contributed by atoms with Crippen molar-refractivity contribution in [2.45, 2.75) is 6.54 Å². The highest BCUT2D eigenvalue weighted by Crippen LogP contribution is 2.27. The van der Waals surface area contributed by atoms with Crippen molar-refractivity contribution in [3.63, 3.8) is 0 Å². The van der Waals surface area contributed by atoms with Gasteiger partial charge in [0.2, 0.25) is 5.95 Å². The van der Waals surface area contributed by atoms with Gasteiger partial charge in [0.05, 0.1) is 31.0 Å². The Morgan fingerprint density at radius 3 is 2.64 bits per heavy atom. The van der Waals surface area contributed by atoms with E-state index in [1.807, 2.05) is 30.1 Å². The van der Waals surface area contributed by atoms with Crippen LogP contribution in [0.4, 0.5) is 5.95 Å². The summed E-state index contributed by atoms with van der Waals surface area (Å²) in [6, 6.07) is 14.6. The number of hydrogen-bond acceptors (Lipinski definition) is 5. The van der Waals surface area contributed by atoms with Gasteiger partial charge in [-0.15, -0.1) is 0 Å². The van der Waals surface area contributed by atoms with Gasteiger partial charge < -0.3 is 14.2 Å². The predicted molar refractivity (Wildman–Crippen MR) is 108 cm³/mol. The molecule has 28 heavy (non-hydrogen) atoms. The lowest BCUT2D eigenvalue weighted by atomic mass is 10.2. The van der Waals surface area contributed by atoms with Crippen molar-refractivity contribution in [1.29, 1.82) is 0 Å². The zero-order valence-electron chi connectivity index (χ0n) is 15.8. The molecule has 4 aromatic rings. The summed E-state index contributed by atoms with van der Waals surface area (Å²) < 4.78 is 9.66. The van der Waals surface area contributed by atoms with E-state index in [-0.39, 0.29) is 0 Å². The largest absolute Gasteiger partial charge is 0.378 e. The van der Waals surface area contributed by atoms with Crippen LogP contribution >= 0.6 is 0 Å². The smallest absolute Gasteiger partial charge is 0.208 e. The Hall–Kier alpha value is -3.19. The van der Waals surface area contributed by atoms with E-state index in [4.69, 9.17) is 9.72 Å². The third-order valence-corrected chi connectivity index (χ3v) is 5.18. The van der Waals surface area contributed by atoms with E-state index >= 15 is 0 Å². The average molecular weight is 374 g/mol. The van der Waals surface area contributed by atoms with Gasteiger partial charge in [-0.1, -0.05) is 30.3 Å². The molecule has 142 valence electrons. The molecule has 0 spiro atoms. The summed E-state index contributed by atoms with van der Waals surface area (Å²) in [5.74, 6) is 0.955. The zero-order valence-corrected chi connectivity index (χ0v) is 15.8. The van der Waals surface area contributed by atoms with Crippen LogP contribution in [0.1, 0.15) is 5.56 Å². The summed E-state index contributed by atoms with van der Waals surface area (Å²) in [6.07, 6.45) is 3.68. The number of fused-ring (bicyclic) bond motifs is 1. The van der Waals surface area contributed by atoms with Gasteiger partial charge in [0.25, 0.3) is 0 Å². The molecule has 7 nitrogen and oxygen atoms in total. The Kier molecular flexibility index (Phi) is 4.29. The number of morpholine rings is 1. The molecule has 0 unspecified atom stereocenters. The lowest BCUT2D eigenvalue weighted by Crippen LogP contribution is -2.38. The number of imidazole rings is 1. The van der Waals surface area contributed by atoms with Crippen LogP contribution in [0.5, 0.6) is 0 Å². The lowest BCUT2D eigenvalue weighted by molar-refractivity contribution is 0.121. The highest BCUT2D eigenvalue weighted by molar-refractivity contribution is 5.80. The van der Waals surface area contributed by atoms with E-state index in [0.29, 0.717) is 0 Å².